The lowest BCUT2D eigenvalue weighted by Gasteiger charge is -2.23. The SMILES string of the molecule is NCc1nc(-c2nncn2C2CCCCC2)cs1. The summed E-state index contributed by atoms with van der Waals surface area (Å²) in [4.78, 5) is 4.50. The zero-order valence-corrected chi connectivity index (χ0v) is 11.1. The molecule has 2 aromatic heterocycles. The van der Waals surface area contributed by atoms with Gasteiger partial charge in [0.05, 0.1) is 0 Å². The van der Waals surface area contributed by atoms with E-state index >= 15 is 0 Å². The maximum absolute atomic E-state index is 5.60. The van der Waals surface area contributed by atoms with Gasteiger partial charge in [-0.05, 0) is 12.8 Å². The lowest BCUT2D eigenvalue weighted by atomic mass is 9.95. The van der Waals surface area contributed by atoms with Gasteiger partial charge >= 0.3 is 0 Å². The van der Waals surface area contributed by atoms with Crippen LogP contribution in [0.5, 0.6) is 0 Å². The van der Waals surface area contributed by atoms with Crippen molar-refractivity contribution in [2.75, 3.05) is 0 Å². The highest BCUT2D eigenvalue weighted by Gasteiger charge is 2.20. The first-order valence-corrected chi connectivity index (χ1v) is 7.31. The van der Waals surface area contributed by atoms with E-state index in [2.05, 4.69) is 19.7 Å². The van der Waals surface area contributed by atoms with Gasteiger partial charge in [-0.1, -0.05) is 19.3 Å². The largest absolute Gasteiger partial charge is 0.325 e. The molecule has 6 heteroatoms. The van der Waals surface area contributed by atoms with Crippen LogP contribution in [0.1, 0.15) is 43.2 Å². The molecule has 0 atom stereocenters. The lowest BCUT2D eigenvalue weighted by molar-refractivity contribution is 0.355. The van der Waals surface area contributed by atoms with Crippen molar-refractivity contribution >= 4 is 11.3 Å². The molecule has 0 spiro atoms. The van der Waals surface area contributed by atoms with E-state index < -0.39 is 0 Å². The summed E-state index contributed by atoms with van der Waals surface area (Å²) >= 11 is 1.59. The minimum Gasteiger partial charge on any atom is -0.325 e. The molecule has 1 saturated carbocycles. The molecule has 0 amide bonds. The van der Waals surface area contributed by atoms with Crippen LogP contribution in [0.15, 0.2) is 11.7 Å². The highest BCUT2D eigenvalue weighted by Crippen LogP contribution is 2.31. The van der Waals surface area contributed by atoms with Crippen molar-refractivity contribution in [2.45, 2.75) is 44.7 Å². The normalized spacial score (nSPS) is 17.2. The Morgan fingerprint density at radius 3 is 2.89 bits per heavy atom. The molecule has 2 aromatic rings. The number of thiazole rings is 1. The Labute approximate surface area is 110 Å². The first-order chi connectivity index (χ1) is 8.88. The Bertz CT molecular complexity index is 512. The van der Waals surface area contributed by atoms with E-state index in [0.717, 1.165) is 16.5 Å². The van der Waals surface area contributed by atoms with Crippen molar-refractivity contribution in [3.05, 3.63) is 16.7 Å². The quantitative estimate of drug-likeness (QED) is 0.923. The van der Waals surface area contributed by atoms with Crippen molar-refractivity contribution in [1.82, 2.24) is 19.7 Å². The smallest absolute Gasteiger partial charge is 0.183 e. The van der Waals surface area contributed by atoms with Crippen LogP contribution in [0.3, 0.4) is 0 Å². The van der Waals surface area contributed by atoms with Crippen LogP contribution in [-0.4, -0.2) is 19.7 Å². The Morgan fingerprint density at radius 1 is 1.33 bits per heavy atom. The van der Waals surface area contributed by atoms with Crippen LogP contribution in [0.2, 0.25) is 0 Å². The second kappa shape index (κ2) is 5.16. The molecule has 0 radical (unpaired) electrons. The lowest BCUT2D eigenvalue weighted by Crippen LogP contribution is -2.13. The van der Waals surface area contributed by atoms with Gasteiger partial charge in [0.15, 0.2) is 5.82 Å². The number of nitrogens with zero attached hydrogens (tertiary/aromatic N) is 4. The molecular weight excluding hydrogens is 246 g/mol. The average Bonchev–Trinajstić information content (AvgIpc) is 3.08. The standard InChI is InChI=1S/C12H17N5S/c13-6-11-15-10(7-18-11)12-16-14-8-17(12)9-4-2-1-3-5-9/h7-9H,1-6,13H2. The second-order valence-corrected chi connectivity index (χ2v) is 5.63. The third-order valence-electron chi connectivity index (χ3n) is 3.50. The van der Waals surface area contributed by atoms with Gasteiger partial charge in [0.25, 0.3) is 0 Å². The van der Waals surface area contributed by atoms with E-state index in [0.29, 0.717) is 12.6 Å². The van der Waals surface area contributed by atoms with Gasteiger partial charge in [0, 0.05) is 18.0 Å². The summed E-state index contributed by atoms with van der Waals surface area (Å²) in [7, 11) is 0. The Kier molecular flexibility index (Phi) is 3.38. The van der Waals surface area contributed by atoms with Crippen LogP contribution < -0.4 is 5.73 Å². The second-order valence-electron chi connectivity index (χ2n) is 4.68. The number of aromatic nitrogens is 4. The number of hydrogen-bond donors (Lipinski definition) is 1. The maximum Gasteiger partial charge on any atom is 0.183 e. The molecule has 1 aliphatic carbocycles. The van der Waals surface area contributed by atoms with Gasteiger partial charge in [-0.15, -0.1) is 21.5 Å². The molecule has 1 aliphatic rings. The number of hydrogen-bond acceptors (Lipinski definition) is 5. The first-order valence-electron chi connectivity index (χ1n) is 6.43. The molecule has 2 N–H and O–H groups in total. The third-order valence-corrected chi connectivity index (χ3v) is 4.37. The molecule has 18 heavy (non-hydrogen) atoms. The van der Waals surface area contributed by atoms with Crippen molar-refractivity contribution < 1.29 is 0 Å². The topological polar surface area (TPSA) is 69.6 Å². The monoisotopic (exact) mass is 263 g/mol. The molecule has 0 aromatic carbocycles. The van der Waals surface area contributed by atoms with E-state index in [4.69, 9.17) is 5.73 Å². The predicted octanol–water partition coefficient (Wildman–Crippen LogP) is 2.37. The molecule has 5 nitrogen and oxygen atoms in total. The summed E-state index contributed by atoms with van der Waals surface area (Å²) < 4.78 is 2.19. The van der Waals surface area contributed by atoms with E-state index in [1.54, 1.807) is 11.3 Å². The minimum atomic E-state index is 0.488. The Morgan fingerprint density at radius 2 is 2.17 bits per heavy atom. The molecule has 0 unspecified atom stereocenters. The zero-order valence-electron chi connectivity index (χ0n) is 10.2. The van der Waals surface area contributed by atoms with Gasteiger partial charge in [-0.25, -0.2) is 4.98 Å². The van der Waals surface area contributed by atoms with Crippen molar-refractivity contribution in [1.29, 1.82) is 0 Å². The molecule has 0 bridgehead atoms. The van der Waals surface area contributed by atoms with E-state index in [1.165, 1.54) is 32.1 Å². The van der Waals surface area contributed by atoms with Gasteiger partial charge in [0.2, 0.25) is 0 Å². The van der Waals surface area contributed by atoms with Crippen LogP contribution in [0, 0.1) is 0 Å². The third kappa shape index (κ3) is 2.18. The molecule has 2 heterocycles. The summed E-state index contributed by atoms with van der Waals surface area (Å²) in [6.07, 6.45) is 8.23. The maximum atomic E-state index is 5.60. The fourth-order valence-electron chi connectivity index (χ4n) is 2.56. The van der Waals surface area contributed by atoms with Gasteiger partial charge < -0.3 is 10.3 Å². The van der Waals surface area contributed by atoms with Crippen molar-refractivity contribution in [2.24, 2.45) is 5.73 Å². The first kappa shape index (κ1) is 11.8. The fraction of sp³-hybridized carbons (Fsp3) is 0.583. The van der Waals surface area contributed by atoms with E-state index in [1.807, 2.05) is 11.7 Å². The molecule has 3 rings (SSSR count). The minimum absolute atomic E-state index is 0.488. The van der Waals surface area contributed by atoms with Crippen LogP contribution >= 0.6 is 11.3 Å². The Balaban J connectivity index is 1.90. The zero-order chi connectivity index (χ0) is 12.4. The Hall–Kier alpha value is -1.27. The van der Waals surface area contributed by atoms with Crippen molar-refractivity contribution in [3.63, 3.8) is 0 Å². The average molecular weight is 263 g/mol. The van der Waals surface area contributed by atoms with E-state index in [9.17, 15) is 0 Å². The molecular formula is C12H17N5S. The summed E-state index contributed by atoms with van der Waals surface area (Å²) in [5.74, 6) is 0.887. The van der Waals surface area contributed by atoms with Crippen LogP contribution in [-0.2, 0) is 6.54 Å². The van der Waals surface area contributed by atoms with Crippen LogP contribution in [0.4, 0.5) is 0 Å². The summed E-state index contributed by atoms with van der Waals surface area (Å²) in [6.45, 7) is 0.488. The summed E-state index contributed by atoms with van der Waals surface area (Å²) in [6, 6.07) is 0.534. The predicted molar refractivity (Wildman–Crippen MR) is 71.1 cm³/mol. The molecule has 96 valence electrons. The van der Waals surface area contributed by atoms with Crippen molar-refractivity contribution in [3.8, 4) is 11.5 Å². The van der Waals surface area contributed by atoms with Gasteiger partial charge in [-0.2, -0.15) is 0 Å². The highest BCUT2D eigenvalue weighted by molar-refractivity contribution is 7.09. The van der Waals surface area contributed by atoms with Crippen LogP contribution in [0.25, 0.3) is 11.5 Å². The number of nitrogens with two attached hydrogens (primary N) is 1. The van der Waals surface area contributed by atoms with Gasteiger partial charge in [-0.3, -0.25) is 0 Å². The van der Waals surface area contributed by atoms with E-state index in [-0.39, 0.29) is 0 Å². The summed E-state index contributed by atoms with van der Waals surface area (Å²) in [5.41, 5.74) is 6.51. The molecule has 1 fully saturated rings. The highest BCUT2D eigenvalue weighted by atomic mass is 32.1. The molecule has 0 aliphatic heterocycles. The van der Waals surface area contributed by atoms with Gasteiger partial charge in [0.1, 0.15) is 17.0 Å². The summed E-state index contributed by atoms with van der Waals surface area (Å²) in [5, 5.41) is 11.2. The fourth-order valence-corrected chi connectivity index (χ4v) is 3.21. The molecule has 0 saturated heterocycles. The number of rotatable bonds is 3.